The van der Waals surface area contributed by atoms with E-state index in [0.29, 0.717) is 5.92 Å². The third-order valence-electron chi connectivity index (χ3n) is 19.1. The lowest BCUT2D eigenvalue weighted by Gasteiger charge is -2.38. The van der Waals surface area contributed by atoms with E-state index in [2.05, 4.69) is 262 Å². The molecule has 0 aliphatic heterocycles. The predicted molar refractivity (Wildman–Crippen MR) is 323 cm³/mol. The highest BCUT2D eigenvalue weighted by Gasteiger charge is 2.48. The van der Waals surface area contributed by atoms with Gasteiger partial charge >= 0.3 is 0 Å². The zero-order valence-corrected chi connectivity index (χ0v) is 48.2. The highest BCUT2D eigenvalue weighted by Crippen LogP contribution is 2.64. The molecular formula is C74H79N. The molecule has 0 saturated carbocycles. The van der Waals surface area contributed by atoms with Crippen LogP contribution >= 0.6 is 0 Å². The van der Waals surface area contributed by atoms with Gasteiger partial charge in [0.05, 0.1) is 0 Å². The van der Waals surface area contributed by atoms with E-state index in [-0.39, 0.29) is 32.5 Å². The summed E-state index contributed by atoms with van der Waals surface area (Å²) in [5.74, 6) is 0.650. The minimum atomic E-state index is -0.167. The van der Waals surface area contributed by atoms with Crippen molar-refractivity contribution in [2.24, 2.45) is 11.3 Å². The Kier molecular flexibility index (Phi) is 10.7. The third kappa shape index (κ3) is 7.29. The summed E-state index contributed by atoms with van der Waals surface area (Å²) in [5.41, 5.74) is 29.4. The number of benzene rings is 8. The Morgan fingerprint density at radius 3 is 1.28 bits per heavy atom. The van der Waals surface area contributed by atoms with E-state index >= 15 is 0 Å². The first-order valence-corrected chi connectivity index (χ1v) is 28.1. The average molecular weight is 982 g/mol. The molecule has 0 aromatic heterocycles. The predicted octanol–water partition coefficient (Wildman–Crippen LogP) is 20.4. The molecule has 0 saturated heterocycles. The summed E-state index contributed by atoms with van der Waals surface area (Å²) in [6, 6.07) is 47.6. The Balaban J connectivity index is 0.000000229. The molecule has 0 heterocycles. The van der Waals surface area contributed by atoms with Gasteiger partial charge in [0.2, 0.25) is 0 Å². The van der Waals surface area contributed by atoms with E-state index in [9.17, 15) is 0 Å². The highest BCUT2D eigenvalue weighted by atomic mass is 15.1. The van der Waals surface area contributed by atoms with Gasteiger partial charge in [-0.05, 0) is 203 Å². The molecule has 0 spiro atoms. The van der Waals surface area contributed by atoms with Gasteiger partial charge in [0.25, 0.3) is 0 Å². The van der Waals surface area contributed by atoms with E-state index in [4.69, 9.17) is 0 Å². The van der Waals surface area contributed by atoms with Gasteiger partial charge in [0.1, 0.15) is 0 Å². The van der Waals surface area contributed by atoms with Crippen molar-refractivity contribution in [3.8, 4) is 22.3 Å². The molecule has 13 rings (SSSR count). The van der Waals surface area contributed by atoms with Gasteiger partial charge in [-0.2, -0.15) is 0 Å². The maximum Gasteiger partial charge on any atom is 0.0468 e. The van der Waals surface area contributed by atoms with Crippen LogP contribution in [-0.2, 0) is 33.5 Å². The van der Waals surface area contributed by atoms with Crippen molar-refractivity contribution in [2.75, 3.05) is 4.90 Å². The largest absolute Gasteiger partial charge is 0.310 e. The topological polar surface area (TPSA) is 3.24 Å². The summed E-state index contributed by atoms with van der Waals surface area (Å²) in [7, 11) is 0. The lowest BCUT2D eigenvalue weighted by molar-refractivity contribution is 0.503. The van der Waals surface area contributed by atoms with E-state index in [1.165, 1.54) is 145 Å². The maximum atomic E-state index is 2.58. The fourth-order valence-electron chi connectivity index (χ4n) is 14.4. The molecule has 75 heavy (non-hydrogen) atoms. The minimum absolute atomic E-state index is 0.136. The van der Waals surface area contributed by atoms with Gasteiger partial charge < -0.3 is 4.90 Å². The van der Waals surface area contributed by atoms with Crippen LogP contribution in [0.5, 0.6) is 0 Å². The molecule has 0 radical (unpaired) electrons. The van der Waals surface area contributed by atoms with Gasteiger partial charge in [-0.3, -0.25) is 0 Å². The van der Waals surface area contributed by atoms with Gasteiger partial charge in [-0.25, -0.2) is 0 Å². The summed E-state index contributed by atoms with van der Waals surface area (Å²) >= 11 is 0. The number of anilines is 3. The Bertz CT molecular complexity index is 3610. The summed E-state index contributed by atoms with van der Waals surface area (Å²) in [5, 5.41) is 5.72. The van der Waals surface area contributed by atoms with Crippen LogP contribution in [0.4, 0.5) is 17.1 Å². The smallest absolute Gasteiger partial charge is 0.0468 e. The molecule has 5 aliphatic rings. The van der Waals surface area contributed by atoms with Crippen molar-refractivity contribution in [3.63, 3.8) is 0 Å². The van der Waals surface area contributed by atoms with Gasteiger partial charge in [0.15, 0.2) is 0 Å². The number of hydrogen-bond donors (Lipinski definition) is 0. The van der Waals surface area contributed by atoms with E-state index < -0.39 is 0 Å². The fraction of sp³-hybridized carbons (Fsp3) is 0.351. The molecule has 0 fully saturated rings. The van der Waals surface area contributed by atoms with Crippen molar-refractivity contribution in [2.45, 2.75) is 158 Å². The molecule has 8 aromatic carbocycles. The summed E-state index contributed by atoms with van der Waals surface area (Å²) < 4.78 is 0. The molecule has 8 aromatic rings. The molecule has 5 aliphatic carbocycles. The number of nitrogens with zero attached hydrogens (tertiary/aromatic N) is 1. The Morgan fingerprint density at radius 2 is 0.880 bits per heavy atom. The first-order chi connectivity index (χ1) is 35.2. The second kappa shape index (κ2) is 16.3. The van der Waals surface area contributed by atoms with E-state index in [1.807, 2.05) is 0 Å². The third-order valence-corrected chi connectivity index (χ3v) is 19.1. The van der Waals surface area contributed by atoms with Crippen LogP contribution < -0.4 is 4.90 Å². The molecule has 0 amide bonds. The van der Waals surface area contributed by atoms with Crippen LogP contribution in [-0.4, -0.2) is 0 Å². The zero-order chi connectivity index (χ0) is 53.3. The molecule has 1 heteroatoms. The minimum Gasteiger partial charge on any atom is -0.310 e. The van der Waals surface area contributed by atoms with Crippen LogP contribution in [0.3, 0.4) is 0 Å². The van der Waals surface area contributed by atoms with Crippen LogP contribution in [0.15, 0.2) is 145 Å². The number of aryl methyl sites for hydroxylation is 3. The second-order valence-electron chi connectivity index (χ2n) is 27.6. The molecule has 1 nitrogen and oxygen atoms in total. The average Bonchev–Trinajstić information content (AvgIpc) is 3.76. The monoisotopic (exact) mass is 982 g/mol. The zero-order valence-electron chi connectivity index (χ0n) is 48.2. The van der Waals surface area contributed by atoms with Crippen LogP contribution in [0.2, 0.25) is 0 Å². The Labute approximate surface area is 449 Å². The van der Waals surface area contributed by atoms with Crippen molar-refractivity contribution >= 4 is 38.6 Å². The lowest BCUT2D eigenvalue weighted by atomic mass is 9.68. The normalized spacial score (nSPS) is 18.3. The quantitative estimate of drug-likeness (QED) is 0.166. The fourth-order valence-corrected chi connectivity index (χ4v) is 14.4. The molecule has 1 unspecified atom stereocenters. The Morgan fingerprint density at radius 1 is 0.453 bits per heavy atom. The van der Waals surface area contributed by atoms with Gasteiger partial charge in [0, 0.05) is 38.7 Å². The lowest BCUT2D eigenvalue weighted by Crippen LogP contribution is -2.26. The Hall–Kier alpha value is -6.44. The summed E-state index contributed by atoms with van der Waals surface area (Å²) in [4.78, 5) is 2.58. The number of allylic oxidation sites excluding steroid dienone is 4. The molecule has 0 bridgehead atoms. The maximum absolute atomic E-state index is 2.58. The van der Waals surface area contributed by atoms with Crippen LogP contribution in [0.25, 0.3) is 43.8 Å². The molecule has 380 valence electrons. The molecular weight excluding hydrogens is 903 g/mol. The SMILES string of the molecule is CC(C)(C)C1=CCC(Cc2ccc(C(C)(C)C)cc2)C=C1.Cc1ccc(N(c2cc3c4c(c2)C(C)(C)c2cccc5c(C)cc(c-4c25)C3(C)C)c2cc3c4c(c2)C(C)(C)c2cccc5c(C)cc(c-4c25)C3(C)C)cc1. The van der Waals surface area contributed by atoms with E-state index in [0.717, 1.165) is 6.42 Å². The number of rotatable bonds is 5. The first kappa shape index (κ1) is 49.4. The second-order valence-corrected chi connectivity index (χ2v) is 27.6. The standard InChI is InChI=1S/C53H49N.C21H30/c1-28-18-20-31(21-19-28)54(32-24-40-46-42(26-32)52(8,9)38-22-29(2)34-14-12-16-36(50(40,4)5)44(34)48(38)46)33-25-41-47-43(27-33)53(10,11)39-23-30(3)35-15-13-17-37(51(41,6)7)45(35)49(39)47;1-20(2,3)18-11-7-16(8-12-18)15-17-9-13-19(14-10-17)21(4,5)6/h12-27H,1-11H3;7-9,11-14,17H,10,15H2,1-6H3. The summed E-state index contributed by atoms with van der Waals surface area (Å²) in [6.07, 6.45) is 9.48. The highest BCUT2D eigenvalue weighted by molar-refractivity contribution is 6.11. The van der Waals surface area contributed by atoms with Crippen LogP contribution in [0.1, 0.15) is 176 Å². The molecule has 0 N–H and O–H groups in total. The van der Waals surface area contributed by atoms with Gasteiger partial charge in [-0.15, -0.1) is 0 Å². The molecule has 1 atom stereocenters. The van der Waals surface area contributed by atoms with E-state index in [1.54, 1.807) is 0 Å². The van der Waals surface area contributed by atoms with Crippen molar-refractivity contribution in [3.05, 3.63) is 217 Å². The number of hydrogen-bond acceptors (Lipinski definition) is 1. The van der Waals surface area contributed by atoms with Crippen molar-refractivity contribution in [1.29, 1.82) is 0 Å². The summed E-state index contributed by atoms with van der Waals surface area (Å²) in [6.45, 7) is 40.1. The van der Waals surface area contributed by atoms with Crippen molar-refractivity contribution in [1.82, 2.24) is 0 Å². The van der Waals surface area contributed by atoms with Gasteiger partial charge in [-0.1, -0.05) is 206 Å². The van der Waals surface area contributed by atoms with Crippen molar-refractivity contribution < 1.29 is 0 Å². The first-order valence-electron chi connectivity index (χ1n) is 28.1. The van der Waals surface area contributed by atoms with Crippen LogP contribution in [0, 0.1) is 32.1 Å².